The summed E-state index contributed by atoms with van der Waals surface area (Å²) in [4.78, 5) is 2.02. The molecule has 5 nitrogen and oxygen atoms in total. The Morgan fingerprint density at radius 1 is 1.09 bits per heavy atom. The van der Waals surface area contributed by atoms with Gasteiger partial charge in [-0.15, -0.1) is 0 Å². The average Bonchev–Trinajstić information content (AvgIpc) is 3.37. The van der Waals surface area contributed by atoms with Gasteiger partial charge in [0.05, 0.1) is 17.6 Å². The Morgan fingerprint density at radius 2 is 1.91 bits per heavy atom. The molecule has 3 heterocycles. The molecule has 3 atom stereocenters. The van der Waals surface area contributed by atoms with Crippen molar-refractivity contribution < 1.29 is 13.2 Å². The van der Waals surface area contributed by atoms with E-state index in [9.17, 15) is 13.2 Å². The molecule has 3 aliphatic heterocycles. The van der Waals surface area contributed by atoms with E-state index in [0.29, 0.717) is 5.17 Å². The summed E-state index contributed by atoms with van der Waals surface area (Å²) in [5.41, 5.74) is 10.2. The maximum absolute atomic E-state index is 13.3. The average molecular weight is 460 g/mol. The lowest BCUT2D eigenvalue weighted by molar-refractivity contribution is -0.138. The number of rotatable bonds is 3. The number of fused-ring (bicyclic) bond motifs is 3. The highest BCUT2D eigenvalue weighted by Gasteiger charge is 2.44. The van der Waals surface area contributed by atoms with Gasteiger partial charge in [0.25, 0.3) is 0 Å². The van der Waals surface area contributed by atoms with Crippen molar-refractivity contribution in [3.05, 3.63) is 82.7 Å². The first-order valence-electron chi connectivity index (χ1n) is 10.5. The van der Waals surface area contributed by atoms with Crippen LogP contribution in [0, 0.1) is 13.8 Å². The van der Waals surface area contributed by atoms with Gasteiger partial charge in [-0.05, 0) is 48.6 Å². The third-order valence-electron chi connectivity index (χ3n) is 6.32. The van der Waals surface area contributed by atoms with Gasteiger partial charge in [0.15, 0.2) is 5.17 Å². The van der Waals surface area contributed by atoms with Crippen molar-refractivity contribution in [2.75, 3.05) is 0 Å². The van der Waals surface area contributed by atoms with E-state index in [4.69, 9.17) is 0 Å². The first kappa shape index (κ1) is 21.2. The summed E-state index contributed by atoms with van der Waals surface area (Å²) >= 11 is 1.31. The van der Waals surface area contributed by atoms with Crippen molar-refractivity contribution in [3.8, 4) is 0 Å². The molecule has 0 bridgehead atoms. The molecule has 32 heavy (non-hydrogen) atoms. The van der Waals surface area contributed by atoms with Crippen LogP contribution in [0.1, 0.15) is 40.3 Å². The number of amidine groups is 1. The standard InChI is InChI=1S/C23H24F3N5S/c1-14-7-8-16(11-15(14)2)19-12-20-21-27-28-22(30(21)9-10-31(20)29-19)32-13-17-5-3-4-6-18(17)23(24,25)26/h3-11,19-21,27,29H,12-13H2,1-2H3. The van der Waals surface area contributed by atoms with E-state index < -0.39 is 11.7 Å². The molecule has 2 aromatic rings. The van der Waals surface area contributed by atoms with Crippen LogP contribution in [0.4, 0.5) is 13.2 Å². The van der Waals surface area contributed by atoms with Crippen LogP contribution in [0.25, 0.3) is 0 Å². The van der Waals surface area contributed by atoms with E-state index in [0.717, 1.165) is 12.5 Å². The van der Waals surface area contributed by atoms with Gasteiger partial charge in [-0.1, -0.05) is 48.2 Å². The summed E-state index contributed by atoms with van der Waals surface area (Å²) in [7, 11) is 0. The lowest BCUT2D eigenvalue weighted by Crippen LogP contribution is -2.54. The second kappa shape index (κ2) is 8.04. The molecule has 168 valence electrons. The Bertz CT molecular complexity index is 1080. The zero-order chi connectivity index (χ0) is 22.5. The van der Waals surface area contributed by atoms with Gasteiger partial charge >= 0.3 is 6.18 Å². The molecule has 1 saturated heterocycles. The van der Waals surface area contributed by atoms with Crippen LogP contribution < -0.4 is 10.9 Å². The number of nitrogens with zero attached hydrogens (tertiary/aromatic N) is 3. The minimum Gasteiger partial charge on any atom is -0.306 e. The van der Waals surface area contributed by atoms with Crippen molar-refractivity contribution in [2.24, 2.45) is 5.10 Å². The molecule has 0 amide bonds. The summed E-state index contributed by atoms with van der Waals surface area (Å²) in [5.74, 6) is 0.200. The second-order valence-electron chi connectivity index (χ2n) is 8.35. The molecule has 0 spiro atoms. The Hall–Kier alpha value is -2.65. The third-order valence-corrected chi connectivity index (χ3v) is 7.33. The van der Waals surface area contributed by atoms with Gasteiger partial charge in [-0.25, -0.2) is 5.43 Å². The topological polar surface area (TPSA) is 42.9 Å². The van der Waals surface area contributed by atoms with Crippen LogP contribution in [0.15, 0.2) is 60.0 Å². The zero-order valence-corrected chi connectivity index (χ0v) is 18.5. The fourth-order valence-corrected chi connectivity index (χ4v) is 5.39. The summed E-state index contributed by atoms with van der Waals surface area (Å²) in [6.07, 6.45) is 0.378. The third kappa shape index (κ3) is 3.84. The monoisotopic (exact) mass is 459 g/mol. The van der Waals surface area contributed by atoms with E-state index in [1.165, 1.54) is 40.6 Å². The number of thioether (sulfide) groups is 1. The highest BCUT2D eigenvalue weighted by atomic mass is 32.2. The second-order valence-corrected chi connectivity index (χ2v) is 9.30. The molecule has 2 aromatic carbocycles. The largest absolute Gasteiger partial charge is 0.416 e. The molecule has 3 unspecified atom stereocenters. The minimum absolute atomic E-state index is 0.0654. The van der Waals surface area contributed by atoms with E-state index in [1.54, 1.807) is 6.07 Å². The maximum Gasteiger partial charge on any atom is 0.416 e. The summed E-state index contributed by atoms with van der Waals surface area (Å²) < 4.78 is 39.9. The fourth-order valence-electron chi connectivity index (χ4n) is 4.41. The van der Waals surface area contributed by atoms with Gasteiger partial charge in [-0.3, -0.25) is 5.43 Å². The van der Waals surface area contributed by atoms with Crippen molar-refractivity contribution in [3.63, 3.8) is 0 Å². The van der Waals surface area contributed by atoms with Crippen molar-refractivity contribution in [2.45, 2.75) is 50.4 Å². The number of hydrazone groups is 1. The molecule has 3 aliphatic rings. The quantitative estimate of drug-likeness (QED) is 0.686. The number of alkyl halides is 3. The van der Waals surface area contributed by atoms with Crippen molar-refractivity contribution in [1.29, 1.82) is 0 Å². The number of halogens is 3. The van der Waals surface area contributed by atoms with Gasteiger partial charge in [0.2, 0.25) is 0 Å². The smallest absolute Gasteiger partial charge is 0.306 e. The van der Waals surface area contributed by atoms with E-state index in [1.807, 2.05) is 17.3 Å². The Balaban J connectivity index is 1.27. The normalized spacial score (nSPS) is 24.3. The molecule has 0 radical (unpaired) electrons. The van der Waals surface area contributed by atoms with Crippen molar-refractivity contribution in [1.82, 2.24) is 20.8 Å². The molecule has 0 aromatic heterocycles. The number of hydrogen-bond donors (Lipinski definition) is 2. The van der Waals surface area contributed by atoms with Gasteiger partial charge in [-0.2, -0.15) is 18.3 Å². The summed E-state index contributed by atoms with van der Waals surface area (Å²) in [6, 6.07) is 12.6. The molecule has 1 fully saturated rings. The van der Waals surface area contributed by atoms with Crippen LogP contribution >= 0.6 is 11.8 Å². The Labute approximate surface area is 189 Å². The number of nitrogens with one attached hydrogen (secondary N) is 2. The van der Waals surface area contributed by atoms with Gasteiger partial charge in [0, 0.05) is 18.2 Å². The predicted octanol–water partition coefficient (Wildman–Crippen LogP) is 4.86. The molecular weight excluding hydrogens is 435 g/mol. The molecule has 9 heteroatoms. The van der Waals surface area contributed by atoms with Gasteiger partial charge in [0.1, 0.15) is 6.17 Å². The van der Waals surface area contributed by atoms with Crippen LogP contribution in [0.2, 0.25) is 0 Å². The maximum atomic E-state index is 13.3. The van der Waals surface area contributed by atoms with Crippen LogP contribution in [-0.4, -0.2) is 27.3 Å². The molecule has 0 aliphatic carbocycles. The first-order valence-corrected chi connectivity index (χ1v) is 11.5. The number of hydrazine groups is 1. The predicted molar refractivity (Wildman–Crippen MR) is 120 cm³/mol. The SMILES string of the molecule is Cc1ccc(C2CC3C4NN=C(SCc5ccccc5C(F)(F)F)N4C=CN3N2)cc1C. The van der Waals surface area contributed by atoms with E-state index in [-0.39, 0.29) is 29.6 Å². The number of aryl methyl sites for hydroxylation is 2. The highest BCUT2D eigenvalue weighted by Crippen LogP contribution is 2.37. The molecular formula is C23H24F3N5S. The lowest BCUT2D eigenvalue weighted by atomic mass is 9.97. The fraction of sp³-hybridized carbons (Fsp3) is 0.348. The zero-order valence-electron chi connectivity index (χ0n) is 17.7. The molecule has 2 N–H and O–H groups in total. The Kier molecular flexibility index (Phi) is 5.33. The highest BCUT2D eigenvalue weighted by molar-refractivity contribution is 8.13. The van der Waals surface area contributed by atoms with E-state index in [2.05, 4.69) is 53.0 Å². The van der Waals surface area contributed by atoms with Crippen LogP contribution in [0.3, 0.4) is 0 Å². The lowest BCUT2D eigenvalue weighted by Gasteiger charge is -2.36. The summed E-state index contributed by atoms with van der Waals surface area (Å²) in [5, 5.41) is 7.23. The van der Waals surface area contributed by atoms with Crippen molar-refractivity contribution >= 4 is 16.9 Å². The minimum atomic E-state index is -4.36. The Morgan fingerprint density at radius 3 is 2.69 bits per heavy atom. The van der Waals surface area contributed by atoms with Crippen LogP contribution in [0.5, 0.6) is 0 Å². The molecule has 0 saturated carbocycles. The number of hydrogen-bond acceptors (Lipinski definition) is 6. The van der Waals surface area contributed by atoms with Crippen LogP contribution in [-0.2, 0) is 11.9 Å². The molecule has 5 rings (SSSR count). The summed E-state index contributed by atoms with van der Waals surface area (Å²) in [6.45, 7) is 4.23. The first-order chi connectivity index (χ1) is 15.3. The number of benzene rings is 2. The van der Waals surface area contributed by atoms with E-state index >= 15 is 0 Å². The van der Waals surface area contributed by atoms with Gasteiger partial charge < -0.3 is 9.91 Å².